The van der Waals surface area contributed by atoms with Crippen molar-refractivity contribution in [2.45, 2.75) is 19.0 Å². The van der Waals surface area contributed by atoms with Crippen molar-refractivity contribution in [3.05, 3.63) is 66.7 Å². The van der Waals surface area contributed by atoms with Crippen LogP contribution in [-0.2, 0) is 4.79 Å². The number of rotatable bonds is 3. The van der Waals surface area contributed by atoms with Gasteiger partial charge in [0.05, 0.1) is 12.0 Å². The number of hydrogen-bond acceptors (Lipinski definition) is 5. The minimum Gasteiger partial charge on any atom is -0.351 e. The molecule has 3 atom stereocenters. The number of nitrogens with zero attached hydrogens (tertiary/aromatic N) is 4. The molecule has 7 heteroatoms. The lowest BCUT2D eigenvalue weighted by atomic mass is 9.86. The van der Waals surface area contributed by atoms with Gasteiger partial charge < -0.3 is 10.6 Å². The molecule has 3 heterocycles. The van der Waals surface area contributed by atoms with Crippen molar-refractivity contribution in [1.29, 1.82) is 0 Å². The summed E-state index contributed by atoms with van der Waals surface area (Å²) in [5, 5.41) is 10.6. The molecular weight excluding hydrogens is 316 g/mol. The molecule has 3 aromatic rings. The second-order valence-electron chi connectivity index (χ2n) is 6.07. The van der Waals surface area contributed by atoms with Gasteiger partial charge in [0.2, 0.25) is 11.9 Å². The van der Waals surface area contributed by atoms with E-state index in [4.69, 9.17) is 0 Å². The summed E-state index contributed by atoms with van der Waals surface area (Å²) in [6.07, 6.45) is 4.99. The van der Waals surface area contributed by atoms with E-state index in [2.05, 4.69) is 25.7 Å². The highest BCUT2D eigenvalue weighted by Crippen LogP contribution is 2.36. The number of carbonyl (C=O) groups is 1. The number of nitrogens with one attached hydrogen (secondary N) is 2. The predicted octanol–water partition coefficient (Wildman–Crippen LogP) is 2.33. The monoisotopic (exact) mass is 334 g/mol. The third-order valence-electron chi connectivity index (χ3n) is 4.44. The summed E-state index contributed by atoms with van der Waals surface area (Å²) in [5.74, 6) is 0.227. The number of hydrogen-bond donors (Lipinski definition) is 2. The Morgan fingerprint density at radius 3 is 2.80 bits per heavy atom. The quantitative estimate of drug-likeness (QED) is 0.768. The fourth-order valence-electron chi connectivity index (χ4n) is 3.29. The van der Waals surface area contributed by atoms with E-state index in [1.165, 1.54) is 6.33 Å². The molecule has 1 amide bonds. The van der Waals surface area contributed by atoms with Crippen LogP contribution in [0.2, 0.25) is 0 Å². The van der Waals surface area contributed by atoms with Crippen molar-refractivity contribution in [2.24, 2.45) is 5.92 Å². The Morgan fingerprint density at radius 2 is 2.04 bits per heavy atom. The van der Waals surface area contributed by atoms with E-state index in [9.17, 15) is 4.79 Å². The molecule has 0 saturated heterocycles. The first-order valence-corrected chi connectivity index (χ1v) is 8.16. The first-order valence-electron chi connectivity index (χ1n) is 8.16. The molecule has 0 unspecified atom stereocenters. The summed E-state index contributed by atoms with van der Waals surface area (Å²) in [4.78, 5) is 21.5. The lowest BCUT2D eigenvalue weighted by Crippen LogP contribution is -2.46. The largest absolute Gasteiger partial charge is 0.351 e. The molecule has 0 spiro atoms. The summed E-state index contributed by atoms with van der Waals surface area (Å²) < 4.78 is 1.76. The topological polar surface area (TPSA) is 84.7 Å². The molecule has 1 aliphatic heterocycles. The van der Waals surface area contributed by atoms with Crippen LogP contribution in [0.15, 0.2) is 61.2 Å². The second-order valence-corrected chi connectivity index (χ2v) is 6.07. The van der Waals surface area contributed by atoms with E-state index < -0.39 is 0 Å². The summed E-state index contributed by atoms with van der Waals surface area (Å²) in [6.45, 7) is 1.98. The molecule has 2 N–H and O–H groups in total. The zero-order valence-corrected chi connectivity index (χ0v) is 13.7. The summed E-state index contributed by atoms with van der Waals surface area (Å²) >= 11 is 0. The van der Waals surface area contributed by atoms with Gasteiger partial charge in [-0.3, -0.25) is 9.78 Å². The summed E-state index contributed by atoms with van der Waals surface area (Å²) in [6, 6.07) is 12.9. The zero-order chi connectivity index (χ0) is 17.2. The molecule has 1 aliphatic rings. The average molecular weight is 334 g/mol. The Hall–Kier alpha value is -3.22. The Morgan fingerprint density at radius 1 is 1.20 bits per heavy atom. The molecule has 25 heavy (non-hydrogen) atoms. The van der Waals surface area contributed by atoms with Crippen LogP contribution >= 0.6 is 0 Å². The van der Waals surface area contributed by atoms with Gasteiger partial charge in [-0.1, -0.05) is 24.3 Å². The van der Waals surface area contributed by atoms with Gasteiger partial charge >= 0.3 is 0 Å². The molecule has 7 nitrogen and oxygen atoms in total. The molecule has 0 saturated carbocycles. The van der Waals surface area contributed by atoms with E-state index in [0.717, 1.165) is 11.3 Å². The SMILES string of the molecule is C[C@@H]1Nc2ncnn2[C@@H](c2cccnc2)[C@H]1C(=O)Nc1ccccc1. The highest BCUT2D eigenvalue weighted by Gasteiger charge is 2.41. The zero-order valence-electron chi connectivity index (χ0n) is 13.7. The van der Waals surface area contributed by atoms with Gasteiger partial charge in [0.25, 0.3) is 0 Å². The normalized spacial score (nSPS) is 21.9. The van der Waals surface area contributed by atoms with Gasteiger partial charge in [-0.15, -0.1) is 0 Å². The highest BCUT2D eigenvalue weighted by atomic mass is 16.2. The third kappa shape index (κ3) is 2.84. The predicted molar refractivity (Wildman–Crippen MR) is 94.0 cm³/mol. The van der Waals surface area contributed by atoms with Crippen LogP contribution in [0, 0.1) is 5.92 Å². The minimum atomic E-state index is -0.362. The molecule has 1 aromatic carbocycles. The van der Waals surface area contributed by atoms with Gasteiger partial charge in [0.1, 0.15) is 6.33 Å². The second kappa shape index (κ2) is 6.35. The molecule has 0 radical (unpaired) electrons. The van der Waals surface area contributed by atoms with Crippen molar-refractivity contribution in [3.63, 3.8) is 0 Å². The highest BCUT2D eigenvalue weighted by molar-refractivity contribution is 5.94. The van der Waals surface area contributed by atoms with Crippen LogP contribution in [0.5, 0.6) is 0 Å². The van der Waals surface area contributed by atoms with E-state index in [1.54, 1.807) is 17.1 Å². The third-order valence-corrected chi connectivity index (χ3v) is 4.44. The molecule has 2 aromatic heterocycles. The van der Waals surface area contributed by atoms with E-state index >= 15 is 0 Å². The standard InChI is InChI=1S/C18H18N6O/c1-12-15(17(25)23-14-7-3-2-4-8-14)16(13-6-5-9-19-10-13)24-18(22-12)20-11-21-24/h2-12,15-16H,1H3,(H,23,25)(H,20,21,22)/t12-,15-,16-/m0/s1. The van der Waals surface area contributed by atoms with Gasteiger partial charge in [-0.05, 0) is 30.7 Å². The van der Waals surface area contributed by atoms with Crippen molar-refractivity contribution >= 4 is 17.5 Å². The maximum atomic E-state index is 13.1. The summed E-state index contributed by atoms with van der Waals surface area (Å²) in [7, 11) is 0. The lowest BCUT2D eigenvalue weighted by Gasteiger charge is -2.36. The average Bonchev–Trinajstić information content (AvgIpc) is 3.10. The fourth-order valence-corrected chi connectivity index (χ4v) is 3.29. The maximum Gasteiger partial charge on any atom is 0.232 e. The van der Waals surface area contributed by atoms with Crippen LogP contribution in [0.3, 0.4) is 0 Å². The van der Waals surface area contributed by atoms with Crippen LogP contribution in [0.4, 0.5) is 11.6 Å². The Bertz CT molecular complexity index is 864. The van der Waals surface area contributed by atoms with Crippen molar-refractivity contribution in [1.82, 2.24) is 19.7 Å². The molecular formula is C18H18N6O. The molecule has 0 bridgehead atoms. The van der Waals surface area contributed by atoms with Crippen LogP contribution < -0.4 is 10.6 Å². The number of fused-ring (bicyclic) bond motifs is 1. The van der Waals surface area contributed by atoms with Crippen LogP contribution in [-0.4, -0.2) is 31.7 Å². The van der Waals surface area contributed by atoms with E-state index in [1.807, 2.05) is 49.4 Å². The fraction of sp³-hybridized carbons (Fsp3) is 0.222. The molecule has 4 rings (SSSR count). The Kier molecular flexibility index (Phi) is 3.89. The number of amides is 1. The number of anilines is 2. The van der Waals surface area contributed by atoms with Crippen molar-refractivity contribution in [2.75, 3.05) is 10.6 Å². The lowest BCUT2D eigenvalue weighted by molar-refractivity contribution is -0.121. The molecule has 0 aliphatic carbocycles. The molecule has 0 fully saturated rings. The maximum absolute atomic E-state index is 13.1. The van der Waals surface area contributed by atoms with Gasteiger partial charge in [-0.2, -0.15) is 10.1 Å². The number of para-hydroxylation sites is 1. The number of aromatic nitrogens is 4. The van der Waals surface area contributed by atoms with Crippen molar-refractivity contribution < 1.29 is 4.79 Å². The number of pyridine rings is 1. The van der Waals surface area contributed by atoms with Gasteiger partial charge in [0.15, 0.2) is 0 Å². The van der Waals surface area contributed by atoms with E-state index in [-0.39, 0.29) is 23.9 Å². The first-order chi connectivity index (χ1) is 12.2. The Balaban J connectivity index is 1.72. The van der Waals surface area contributed by atoms with Gasteiger partial charge in [-0.25, -0.2) is 4.68 Å². The minimum absolute atomic E-state index is 0.0683. The van der Waals surface area contributed by atoms with Crippen molar-refractivity contribution in [3.8, 4) is 0 Å². The molecule has 126 valence electrons. The van der Waals surface area contributed by atoms with E-state index in [0.29, 0.717) is 5.95 Å². The smallest absolute Gasteiger partial charge is 0.232 e. The van der Waals surface area contributed by atoms with Gasteiger partial charge in [0, 0.05) is 24.1 Å². The summed E-state index contributed by atoms with van der Waals surface area (Å²) in [5.41, 5.74) is 1.70. The number of carbonyl (C=O) groups excluding carboxylic acids is 1. The Labute approximate surface area is 145 Å². The van der Waals surface area contributed by atoms with Crippen LogP contribution in [0.1, 0.15) is 18.5 Å². The number of benzene rings is 1. The van der Waals surface area contributed by atoms with Crippen LogP contribution in [0.25, 0.3) is 0 Å². The first kappa shape index (κ1) is 15.3.